The lowest BCUT2D eigenvalue weighted by atomic mass is 10.2. The van der Waals surface area contributed by atoms with Gasteiger partial charge in [0.05, 0.1) is 15.6 Å². The first-order chi connectivity index (χ1) is 11.6. The maximum atomic E-state index is 12.6. The van der Waals surface area contributed by atoms with Gasteiger partial charge in [0, 0.05) is 18.7 Å². The number of aryl methyl sites for hydroxylation is 1. The molecule has 25 heavy (non-hydrogen) atoms. The van der Waals surface area contributed by atoms with Crippen LogP contribution in [0, 0.1) is 6.92 Å². The monoisotopic (exact) mass is 380 g/mol. The van der Waals surface area contributed by atoms with Crippen LogP contribution in [0.15, 0.2) is 47.4 Å². The highest BCUT2D eigenvalue weighted by atomic mass is 35.5. The molecule has 0 saturated heterocycles. The first kappa shape index (κ1) is 19.4. The molecular formula is C18H21ClN2O3S. The third kappa shape index (κ3) is 4.39. The Morgan fingerprint density at radius 2 is 1.84 bits per heavy atom. The summed E-state index contributed by atoms with van der Waals surface area (Å²) < 4.78 is 26.4. The first-order valence-corrected chi connectivity index (χ1v) is 9.60. The van der Waals surface area contributed by atoms with E-state index < -0.39 is 15.9 Å². The highest BCUT2D eigenvalue weighted by molar-refractivity contribution is 7.89. The van der Waals surface area contributed by atoms with Gasteiger partial charge in [0.1, 0.15) is 0 Å². The van der Waals surface area contributed by atoms with Gasteiger partial charge in [-0.3, -0.25) is 4.79 Å². The maximum absolute atomic E-state index is 12.6. The predicted octanol–water partition coefficient (Wildman–Crippen LogP) is 3.93. The van der Waals surface area contributed by atoms with E-state index in [0.29, 0.717) is 10.7 Å². The number of hydrogen-bond acceptors (Lipinski definition) is 3. The summed E-state index contributed by atoms with van der Waals surface area (Å²) in [7, 11) is -2.14. The summed E-state index contributed by atoms with van der Waals surface area (Å²) in [5.74, 6) is -0.421. The lowest BCUT2D eigenvalue weighted by Gasteiger charge is -2.21. The van der Waals surface area contributed by atoms with E-state index in [1.54, 1.807) is 38.1 Å². The molecule has 1 amide bonds. The van der Waals surface area contributed by atoms with Crippen molar-refractivity contribution in [3.63, 3.8) is 0 Å². The summed E-state index contributed by atoms with van der Waals surface area (Å²) in [4.78, 5) is 12.5. The van der Waals surface area contributed by atoms with Crippen molar-refractivity contribution in [3.8, 4) is 0 Å². The number of benzene rings is 2. The van der Waals surface area contributed by atoms with Gasteiger partial charge < -0.3 is 5.32 Å². The molecule has 0 spiro atoms. The Balaban J connectivity index is 2.30. The molecule has 0 aromatic heterocycles. The van der Waals surface area contributed by atoms with Crippen LogP contribution in [-0.2, 0) is 10.0 Å². The maximum Gasteiger partial charge on any atom is 0.255 e. The second-order valence-electron chi connectivity index (χ2n) is 6.08. The number of nitrogens with one attached hydrogen (secondary N) is 1. The number of amides is 1. The molecule has 5 nitrogen and oxygen atoms in total. The number of carbonyl (C=O) groups is 1. The van der Waals surface area contributed by atoms with Gasteiger partial charge in [-0.15, -0.1) is 0 Å². The third-order valence-corrected chi connectivity index (χ3v) is 6.22. The third-order valence-electron chi connectivity index (χ3n) is 3.87. The fraction of sp³-hybridized carbons (Fsp3) is 0.278. The molecule has 0 aliphatic rings. The SMILES string of the molecule is Cc1ccc(NC(=O)c2cccc(S(=O)(=O)N(C)C(C)C)c2)c(Cl)c1. The van der Waals surface area contributed by atoms with Crippen molar-refractivity contribution in [2.45, 2.75) is 31.7 Å². The van der Waals surface area contributed by atoms with Crippen LogP contribution in [0.2, 0.25) is 5.02 Å². The Morgan fingerprint density at radius 3 is 2.44 bits per heavy atom. The Morgan fingerprint density at radius 1 is 1.16 bits per heavy atom. The summed E-state index contributed by atoms with van der Waals surface area (Å²) in [5, 5.41) is 3.13. The first-order valence-electron chi connectivity index (χ1n) is 7.78. The highest BCUT2D eigenvalue weighted by Crippen LogP contribution is 2.24. The zero-order valence-corrected chi connectivity index (χ0v) is 16.1. The van der Waals surface area contributed by atoms with Crippen LogP contribution >= 0.6 is 11.6 Å². The standard InChI is InChI=1S/C18H21ClN2O3S/c1-12(2)21(4)25(23,24)15-7-5-6-14(11-15)18(22)20-17-9-8-13(3)10-16(17)19/h5-12H,1-4H3,(H,20,22). The van der Waals surface area contributed by atoms with Crippen molar-refractivity contribution >= 4 is 33.2 Å². The number of nitrogens with zero attached hydrogens (tertiary/aromatic N) is 1. The van der Waals surface area contributed by atoms with E-state index in [9.17, 15) is 13.2 Å². The number of carbonyl (C=O) groups excluding carboxylic acids is 1. The summed E-state index contributed by atoms with van der Waals surface area (Å²) in [5.41, 5.74) is 1.70. The molecule has 0 fully saturated rings. The Kier molecular flexibility index (Phi) is 5.87. The molecular weight excluding hydrogens is 360 g/mol. The normalized spacial score (nSPS) is 11.8. The number of anilines is 1. The van der Waals surface area contributed by atoms with E-state index in [1.165, 1.54) is 23.5 Å². The minimum Gasteiger partial charge on any atom is -0.321 e. The second-order valence-corrected chi connectivity index (χ2v) is 8.48. The average Bonchev–Trinajstić information content (AvgIpc) is 2.56. The summed E-state index contributed by atoms with van der Waals surface area (Å²) >= 11 is 6.12. The minimum atomic E-state index is -3.65. The average molecular weight is 381 g/mol. The highest BCUT2D eigenvalue weighted by Gasteiger charge is 2.24. The predicted molar refractivity (Wildman–Crippen MR) is 101 cm³/mol. The van der Waals surface area contributed by atoms with E-state index in [1.807, 2.05) is 13.0 Å². The topological polar surface area (TPSA) is 66.5 Å². The van der Waals surface area contributed by atoms with Gasteiger partial charge in [-0.25, -0.2) is 8.42 Å². The zero-order valence-electron chi connectivity index (χ0n) is 14.6. The fourth-order valence-corrected chi connectivity index (χ4v) is 3.85. The van der Waals surface area contributed by atoms with Gasteiger partial charge >= 0.3 is 0 Å². The van der Waals surface area contributed by atoms with Gasteiger partial charge in [0.25, 0.3) is 5.91 Å². The second kappa shape index (κ2) is 7.56. The largest absolute Gasteiger partial charge is 0.321 e. The van der Waals surface area contributed by atoms with Crippen molar-refractivity contribution in [3.05, 3.63) is 58.6 Å². The lowest BCUT2D eigenvalue weighted by Crippen LogP contribution is -2.33. The fourth-order valence-electron chi connectivity index (χ4n) is 2.16. The molecule has 0 aliphatic heterocycles. The summed E-state index contributed by atoms with van der Waals surface area (Å²) in [6.07, 6.45) is 0. The molecule has 2 aromatic carbocycles. The van der Waals surface area contributed by atoms with Crippen LogP contribution in [0.1, 0.15) is 29.8 Å². The molecule has 1 N–H and O–H groups in total. The van der Waals surface area contributed by atoms with Crippen LogP contribution in [0.25, 0.3) is 0 Å². The van der Waals surface area contributed by atoms with Crippen molar-refractivity contribution in [1.29, 1.82) is 0 Å². The van der Waals surface area contributed by atoms with Gasteiger partial charge in [-0.05, 0) is 56.7 Å². The number of rotatable bonds is 5. The van der Waals surface area contributed by atoms with Gasteiger partial charge in [0.2, 0.25) is 10.0 Å². The molecule has 7 heteroatoms. The number of sulfonamides is 1. The molecule has 0 atom stereocenters. The Labute approximate surface area is 153 Å². The number of hydrogen-bond donors (Lipinski definition) is 1. The van der Waals surface area contributed by atoms with Crippen LogP contribution in [0.5, 0.6) is 0 Å². The molecule has 0 saturated carbocycles. The number of halogens is 1. The van der Waals surface area contributed by atoms with Crippen LogP contribution in [0.4, 0.5) is 5.69 Å². The van der Waals surface area contributed by atoms with Gasteiger partial charge in [0.15, 0.2) is 0 Å². The molecule has 0 unspecified atom stereocenters. The van der Waals surface area contributed by atoms with E-state index in [-0.39, 0.29) is 16.5 Å². The van der Waals surface area contributed by atoms with E-state index in [0.717, 1.165) is 5.56 Å². The molecule has 0 radical (unpaired) electrons. The quantitative estimate of drug-likeness (QED) is 0.854. The molecule has 0 aliphatic carbocycles. The van der Waals surface area contributed by atoms with Gasteiger partial charge in [-0.1, -0.05) is 23.7 Å². The van der Waals surface area contributed by atoms with Crippen molar-refractivity contribution in [1.82, 2.24) is 4.31 Å². The van der Waals surface area contributed by atoms with E-state index >= 15 is 0 Å². The van der Waals surface area contributed by atoms with Crippen molar-refractivity contribution < 1.29 is 13.2 Å². The van der Waals surface area contributed by atoms with E-state index in [2.05, 4.69) is 5.32 Å². The molecule has 134 valence electrons. The Hall–Kier alpha value is -1.89. The molecule has 2 rings (SSSR count). The molecule has 0 bridgehead atoms. The summed E-state index contributed by atoms with van der Waals surface area (Å²) in [6, 6.07) is 11.1. The van der Waals surface area contributed by atoms with Crippen molar-refractivity contribution in [2.75, 3.05) is 12.4 Å². The summed E-state index contributed by atoms with van der Waals surface area (Å²) in [6.45, 7) is 5.47. The zero-order chi connectivity index (χ0) is 18.8. The minimum absolute atomic E-state index is 0.0753. The van der Waals surface area contributed by atoms with Crippen LogP contribution in [0.3, 0.4) is 0 Å². The Bertz CT molecular complexity index is 895. The molecule has 0 heterocycles. The van der Waals surface area contributed by atoms with Crippen molar-refractivity contribution in [2.24, 2.45) is 0 Å². The van der Waals surface area contributed by atoms with E-state index in [4.69, 9.17) is 11.6 Å². The van der Waals surface area contributed by atoms with Crippen LogP contribution < -0.4 is 5.32 Å². The van der Waals surface area contributed by atoms with Gasteiger partial charge in [-0.2, -0.15) is 4.31 Å². The molecule has 2 aromatic rings. The lowest BCUT2D eigenvalue weighted by molar-refractivity contribution is 0.102. The van der Waals surface area contributed by atoms with Crippen LogP contribution in [-0.4, -0.2) is 31.7 Å². The smallest absolute Gasteiger partial charge is 0.255 e.